The van der Waals surface area contributed by atoms with Gasteiger partial charge in [0.25, 0.3) is 0 Å². The summed E-state index contributed by atoms with van der Waals surface area (Å²) in [6, 6.07) is 4.77. The third kappa shape index (κ3) is 7.45. The third-order valence-corrected chi connectivity index (χ3v) is 7.19. The molecule has 0 bridgehead atoms. The molecule has 0 aliphatic rings. The van der Waals surface area contributed by atoms with Crippen LogP contribution in [0.15, 0.2) is 12.1 Å². The number of hydrogen-bond donors (Lipinski definition) is 0. The Bertz CT molecular complexity index is 506. The molecule has 1 heteroatoms. The summed E-state index contributed by atoms with van der Waals surface area (Å²) >= 11 is 2.04. The second-order valence-electron chi connectivity index (χ2n) is 11.0. The van der Waals surface area contributed by atoms with Gasteiger partial charge in [0, 0.05) is 9.75 Å². The van der Waals surface area contributed by atoms with Crippen LogP contribution in [0.1, 0.15) is 113 Å². The van der Waals surface area contributed by atoms with E-state index >= 15 is 0 Å². The quantitative estimate of drug-likeness (QED) is 0.471. The van der Waals surface area contributed by atoms with Crippen molar-refractivity contribution >= 4 is 11.3 Å². The highest BCUT2D eigenvalue weighted by Crippen LogP contribution is 2.46. The minimum absolute atomic E-state index is 0.245. The summed E-state index contributed by atoms with van der Waals surface area (Å²) in [5.41, 5.74) is 1.23. The van der Waals surface area contributed by atoms with Crippen molar-refractivity contribution in [2.75, 3.05) is 0 Å². The lowest BCUT2D eigenvalue weighted by molar-refractivity contribution is 0.182. The highest BCUT2D eigenvalue weighted by Gasteiger charge is 2.35. The lowest BCUT2D eigenvalue weighted by Crippen LogP contribution is -2.29. The van der Waals surface area contributed by atoms with Crippen LogP contribution in [0.25, 0.3) is 0 Å². The van der Waals surface area contributed by atoms with E-state index in [0.717, 1.165) is 0 Å². The van der Waals surface area contributed by atoms with Crippen molar-refractivity contribution in [3.05, 3.63) is 21.9 Å². The second-order valence-corrected chi connectivity index (χ2v) is 12.1. The highest BCUT2D eigenvalue weighted by atomic mass is 32.1. The molecule has 0 aromatic carbocycles. The Morgan fingerprint density at radius 1 is 0.720 bits per heavy atom. The first kappa shape index (κ1) is 24.7. The van der Waals surface area contributed by atoms with Gasteiger partial charge in [0.2, 0.25) is 0 Å². The van der Waals surface area contributed by atoms with E-state index in [9.17, 15) is 0 Å². The minimum Gasteiger partial charge on any atom is -0.144 e. The average molecular weight is 367 g/mol. The van der Waals surface area contributed by atoms with Crippen LogP contribution in [-0.2, 0) is 10.8 Å². The molecule has 25 heavy (non-hydrogen) atoms. The maximum absolute atomic E-state index is 2.42. The lowest BCUT2D eigenvalue weighted by atomic mass is 9.69. The molecule has 1 aromatic heterocycles. The Morgan fingerprint density at radius 3 is 1.40 bits per heavy atom. The molecule has 0 atom stereocenters. The Balaban J connectivity index is 0.00000277. The predicted molar refractivity (Wildman–Crippen MR) is 119 cm³/mol. The molecule has 0 nitrogen and oxygen atoms in total. The van der Waals surface area contributed by atoms with Crippen LogP contribution in [0.5, 0.6) is 0 Å². The molecule has 0 saturated carbocycles. The Labute approximate surface area is 163 Å². The molecule has 1 aromatic rings. The van der Waals surface area contributed by atoms with E-state index in [1.807, 2.05) is 25.2 Å². The van der Waals surface area contributed by atoms with Crippen LogP contribution in [-0.4, -0.2) is 0 Å². The van der Waals surface area contributed by atoms with Crippen molar-refractivity contribution in [1.82, 2.24) is 0 Å². The van der Waals surface area contributed by atoms with Crippen molar-refractivity contribution in [3.63, 3.8) is 0 Å². The zero-order chi connectivity index (χ0) is 20.3. The average Bonchev–Trinajstić information content (AvgIpc) is 2.88. The normalized spacial score (nSPS) is 13.7. The van der Waals surface area contributed by atoms with Gasteiger partial charge in [0.15, 0.2) is 0 Å². The Hall–Kier alpha value is -0.300. The third-order valence-electron chi connectivity index (χ3n) is 5.37. The van der Waals surface area contributed by atoms with Crippen molar-refractivity contribution < 1.29 is 0 Å². The predicted octanol–water partition coefficient (Wildman–Crippen LogP) is 8.84. The topological polar surface area (TPSA) is 0 Å². The van der Waals surface area contributed by atoms with E-state index in [0.29, 0.717) is 16.7 Å². The van der Waals surface area contributed by atoms with E-state index in [1.54, 1.807) is 4.88 Å². The van der Waals surface area contributed by atoms with E-state index < -0.39 is 0 Å². The van der Waals surface area contributed by atoms with Gasteiger partial charge in [-0.2, -0.15) is 0 Å². The highest BCUT2D eigenvalue weighted by molar-refractivity contribution is 7.12. The number of thiophene rings is 1. The molecule has 0 aliphatic carbocycles. The lowest BCUT2D eigenvalue weighted by Gasteiger charge is -2.37. The smallest absolute Gasteiger partial charge is 0.0105 e. The summed E-state index contributed by atoms with van der Waals surface area (Å²) in [6.45, 7) is 30.2. The molecule has 0 unspecified atom stereocenters. The first-order chi connectivity index (χ1) is 11.1. The number of rotatable bonds is 6. The Morgan fingerprint density at radius 2 is 1.08 bits per heavy atom. The fourth-order valence-electron chi connectivity index (χ4n) is 3.91. The van der Waals surface area contributed by atoms with E-state index in [-0.39, 0.29) is 10.8 Å². The maximum Gasteiger partial charge on any atom is 0.0105 e. The molecule has 148 valence electrons. The maximum atomic E-state index is 2.42. The fourth-order valence-corrected chi connectivity index (χ4v) is 5.11. The first-order valence-electron chi connectivity index (χ1n) is 10.2. The van der Waals surface area contributed by atoms with Crippen LogP contribution in [0, 0.1) is 16.7 Å². The van der Waals surface area contributed by atoms with Gasteiger partial charge in [-0.05, 0) is 52.6 Å². The van der Waals surface area contributed by atoms with Crippen LogP contribution in [0.4, 0.5) is 0 Å². The molecule has 0 amide bonds. The monoisotopic (exact) mass is 366 g/mol. The van der Waals surface area contributed by atoms with Crippen LogP contribution < -0.4 is 0 Å². The van der Waals surface area contributed by atoms with Gasteiger partial charge in [-0.3, -0.25) is 0 Å². The molecular formula is C24H46S. The van der Waals surface area contributed by atoms with Gasteiger partial charge in [0.05, 0.1) is 0 Å². The summed E-state index contributed by atoms with van der Waals surface area (Å²) in [7, 11) is 0. The van der Waals surface area contributed by atoms with Gasteiger partial charge < -0.3 is 0 Å². The van der Waals surface area contributed by atoms with Crippen molar-refractivity contribution in [1.29, 1.82) is 0 Å². The molecule has 0 radical (unpaired) electrons. The minimum atomic E-state index is 0.245. The van der Waals surface area contributed by atoms with Crippen molar-refractivity contribution in [2.45, 2.75) is 114 Å². The van der Waals surface area contributed by atoms with Gasteiger partial charge in [-0.25, -0.2) is 0 Å². The first-order valence-corrected chi connectivity index (χ1v) is 11.0. The van der Waals surface area contributed by atoms with Crippen molar-refractivity contribution in [2.24, 2.45) is 16.7 Å². The SMILES string of the molecule is CC.CC(C)C(C)(C)CC(C)(C)c1ccc(C(C)(C)CC(C)(C)C)s1. The molecule has 1 rings (SSSR count). The van der Waals surface area contributed by atoms with Crippen molar-refractivity contribution in [3.8, 4) is 0 Å². The molecule has 0 aliphatic heterocycles. The van der Waals surface area contributed by atoms with E-state index in [2.05, 4.69) is 88.3 Å². The summed E-state index contributed by atoms with van der Waals surface area (Å²) in [4.78, 5) is 3.08. The summed E-state index contributed by atoms with van der Waals surface area (Å²) in [6.07, 6.45) is 2.45. The molecule has 0 fully saturated rings. The van der Waals surface area contributed by atoms with Gasteiger partial charge in [-0.15, -0.1) is 11.3 Å². The van der Waals surface area contributed by atoms with Crippen LogP contribution in [0.2, 0.25) is 0 Å². The molecule has 0 N–H and O–H groups in total. The van der Waals surface area contributed by atoms with E-state index in [4.69, 9.17) is 0 Å². The zero-order valence-corrected chi connectivity index (χ0v) is 20.4. The van der Waals surface area contributed by atoms with Crippen LogP contribution >= 0.6 is 11.3 Å². The summed E-state index contributed by atoms with van der Waals surface area (Å²) < 4.78 is 0. The molecular weight excluding hydrogens is 320 g/mol. The zero-order valence-electron chi connectivity index (χ0n) is 19.6. The Kier molecular flexibility index (Phi) is 8.49. The number of hydrogen-bond acceptors (Lipinski definition) is 1. The van der Waals surface area contributed by atoms with Gasteiger partial charge in [-0.1, -0.05) is 90.0 Å². The second kappa shape index (κ2) is 8.59. The largest absolute Gasteiger partial charge is 0.144 e. The standard InChI is InChI=1S/C22H40S.C2H6/c1-16(2)20(6,7)15-22(10,11)18-13-12-17(23-18)21(8,9)14-19(3,4)5;1-2/h12-13,16H,14-15H2,1-11H3;1-2H3. The molecule has 0 spiro atoms. The van der Waals surface area contributed by atoms with Crippen LogP contribution in [0.3, 0.4) is 0 Å². The van der Waals surface area contributed by atoms with Gasteiger partial charge in [0.1, 0.15) is 0 Å². The fraction of sp³-hybridized carbons (Fsp3) is 0.833. The summed E-state index contributed by atoms with van der Waals surface area (Å²) in [5, 5.41) is 0. The summed E-state index contributed by atoms with van der Waals surface area (Å²) in [5.74, 6) is 0.707. The molecule has 0 saturated heterocycles. The van der Waals surface area contributed by atoms with E-state index in [1.165, 1.54) is 17.7 Å². The van der Waals surface area contributed by atoms with Gasteiger partial charge >= 0.3 is 0 Å². The molecule has 1 heterocycles.